The molecule has 1 heterocycles. The monoisotopic (exact) mass is 476 g/mol. The predicted octanol–water partition coefficient (Wildman–Crippen LogP) is 3.41. The fourth-order valence-electron chi connectivity index (χ4n) is 2.78. The number of aromatic nitrogens is 2. The molecule has 1 N–H and O–H groups in total. The van der Waals surface area contributed by atoms with Gasteiger partial charge in [0.25, 0.3) is 0 Å². The minimum absolute atomic E-state index is 0.00708. The highest BCUT2D eigenvalue weighted by molar-refractivity contribution is 7.92. The van der Waals surface area contributed by atoms with Crippen molar-refractivity contribution in [3.05, 3.63) is 48.5 Å². The largest absolute Gasteiger partial charge is 0.497 e. The number of anilines is 2. The summed E-state index contributed by atoms with van der Waals surface area (Å²) in [5.74, 6) is 0.799. The van der Waals surface area contributed by atoms with E-state index in [0.717, 1.165) is 21.9 Å². The number of hydrogen-bond acceptors (Lipinski definition) is 8. The third-order valence-corrected chi connectivity index (χ3v) is 6.22. The van der Waals surface area contributed by atoms with Crippen LogP contribution in [0.15, 0.2) is 48.5 Å². The van der Waals surface area contributed by atoms with Crippen LogP contribution in [-0.2, 0) is 14.8 Å². The quantitative estimate of drug-likeness (QED) is 0.504. The molecule has 3 aromatic rings. The number of nitrogens with one attached hydrogen (secondary N) is 1. The van der Waals surface area contributed by atoms with E-state index in [2.05, 4.69) is 15.5 Å². The molecule has 0 unspecified atom stereocenters. The number of carbonyl (C=O) groups excluding carboxylic acids is 1. The maximum Gasteiger partial charge on any atom is 0.246 e. The van der Waals surface area contributed by atoms with E-state index in [1.807, 2.05) is 26.0 Å². The lowest BCUT2D eigenvalue weighted by Gasteiger charge is -2.22. The van der Waals surface area contributed by atoms with Crippen LogP contribution in [0.1, 0.15) is 13.8 Å². The van der Waals surface area contributed by atoms with Gasteiger partial charge in [0.2, 0.25) is 21.1 Å². The van der Waals surface area contributed by atoms with Gasteiger partial charge < -0.3 is 9.47 Å². The second-order valence-corrected chi connectivity index (χ2v) is 10.0. The number of nitrogens with zero attached hydrogens (tertiary/aromatic N) is 3. The van der Waals surface area contributed by atoms with Crippen molar-refractivity contribution < 1.29 is 22.7 Å². The van der Waals surface area contributed by atoms with Crippen molar-refractivity contribution in [2.24, 2.45) is 0 Å². The zero-order valence-electron chi connectivity index (χ0n) is 18.1. The summed E-state index contributed by atoms with van der Waals surface area (Å²) in [5.41, 5.74) is 1.18. The third-order valence-electron chi connectivity index (χ3n) is 4.19. The lowest BCUT2D eigenvalue weighted by atomic mass is 10.2. The first-order valence-electron chi connectivity index (χ1n) is 9.68. The van der Waals surface area contributed by atoms with E-state index >= 15 is 0 Å². The highest BCUT2D eigenvalue weighted by Gasteiger charge is 2.22. The van der Waals surface area contributed by atoms with Gasteiger partial charge in [-0.25, -0.2) is 8.42 Å². The fourth-order valence-corrected chi connectivity index (χ4v) is 4.40. The average molecular weight is 477 g/mol. The van der Waals surface area contributed by atoms with E-state index < -0.39 is 22.5 Å². The molecule has 0 atom stereocenters. The molecule has 170 valence electrons. The van der Waals surface area contributed by atoms with Gasteiger partial charge in [-0.1, -0.05) is 11.3 Å². The van der Waals surface area contributed by atoms with E-state index in [1.54, 1.807) is 43.5 Å². The first-order chi connectivity index (χ1) is 15.2. The maximum atomic E-state index is 12.6. The summed E-state index contributed by atoms with van der Waals surface area (Å²) in [7, 11) is -2.11. The molecule has 0 bridgehead atoms. The Morgan fingerprint density at radius 1 is 1.06 bits per heavy atom. The van der Waals surface area contributed by atoms with Crippen LogP contribution in [0.5, 0.6) is 11.5 Å². The van der Waals surface area contributed by atoms with E-state index in [0.29, 0.717) is 16.4 Å². The first kappa shape index (κ1) is 23.5. The summed E-state index contributed by atoms with van der Waals surface area (Å²) < 4.78 is 36.3. The van der Waals surface area contributed by atoms with Crippen LogP contribution in [-0.4, -0.2) is 50.5 Å². The average Bonchev–Trinajstić information content (AvgIpc) is 3.20. The maximum absolute atomic E-state index is 12.6. The van der Waals surface area contributed by atoms with E-state index in [-0.39, 0.29) is 11.2 Å². The molecular formula is C21H24N4O5S2. The summed E-state index contributed by atoms with van der Waals surface area (Å²) in [6.45, 7) is 3.39. The van der Waals surface area contributed by atoms with Gasteiger partial charge in [0.05, 0.1) is 25.2 Å². The number of amides is 1. The third kappa shape index (κ3) is 6.17. The summed E-state index contributed by atoms with van der Waals surface area (Å²) >= 11 is 1.19. The molecule has 32 heavy (non-hydrogen) atoms. The van der Waals surface area contributed by atoms with Crippen molar-refractivity contribution in [3.8, 4) is 22.1 Å². The van der Waals surface area contributed by atoms with Crippen molar-refractivity contribution in [2.75, 3.05) is 29.5 Å². The van der Waals surface area contributed by atoms with Gasteiger partial charge in [-0.15, -0.1) is 10.2 Å². The van der Waals surface area contributed by atoms with Crippen LogP contribution in [0.4, 0.5) is 10.8 Å². The molecule has 1 aromatic heterocycles. The molecule has 0 radical (unpaired) electrons. The van der Waals surface area contributed by atoms with Gasteiger partial charge in [-0.05, 0) is 62.4 Å². The summed E-state index contributed by atoms with van der Waals surface area (Å²) in [6.07, 6.45) is 1.04. The van der Waals surface area contributed by atoms with Crippen LogP contribution in [0.3, 0.4) is 0 Å². The Balaban J connectivity index is 1.70. The number of methoxy groups -OCH3 is 1. The zero-order chi connectivity index (χ0) is 23.3. The van der Waals surface area contributed by atoms with E-state index in [9.17, 15) is 13.2 Å². The number of rotatable bonds is 9. The molecule has 0 spiro atoms. The smallest absolute Gasteiger partial charge is 0.246 e. The fraction of sp³-hybridized carbons (Fsp3) is 0.286. The van der Waals surface area contributed by atoms with Gasteiger partial charge >= 0.3 is 0 Å². The van der Waals surface area contributed by atoms with Crippen LogP contribution in [0, 0.1) is 0 Å². The van der Waals surface area contributed by atoms with Crippen molar-refractivity contribution in [3.63, 3.8) is 0 Å². The van der Waals surface area contributed by atoms with Crippen molar-refractivity contribution in [2.45, 2.75) is 20.0 Å². The van der Waals surface area contributed by atoms with Crippen LogP contribution in [0.2, 0.25) is 0 Å². The van der Waals surface area contributed by atoms with Crippen LogP contribution >= 0.6 is 11.3 Å². The van der Waals surface area contributed by atoms with Crippen LogP contribution < -0.4 is 19.1 Å². The highest BCUT2D eigenvalue weighted by Crippen LogP contribution is 2.28. The van der Waals surface area contributed by atoms with Gasteiger partial charge in [0.1, 0.15) is 23.1 Å². The lowest BCUT2D eigenvalue weighted by molar-refractivity contribution is -0.114. The molecule has 0 aliphatic heterocycles. The van der Waals surface area contributed by atoms with Crippen molar-refractivity contribution in [1.29, 1.82) is 0 Å². The van der Waals surface area contributed by atoms with Gasteiger partial charge in [0, 0.05) is 5.56 Å². The Morgan fingerprint density at radius 2 is 1.69 bits per heavy atom. The Labute approximate surface area is 191 Å². The van der Waals surface area contributed by atoms with Gasteiger partial charge in [-0.3, -0.25) is 14.4 Å². The second-order valence-electron chi connectivity index (χ2n) is 7.12. The Morgan fingerprint density at radius 3 is 2.25 bits per heavy atom. The number of ether oxygens (including phenoxy) is 2. The molecular weight excluding hydrogens is 452 g/mol. The standard InChI is InChI=1S/C21H24N4O5S2/c1-14(2)30-18-11-7-16(8-12-18)25(32(4,27)28)13-19(26)22-21-24-23-20(31-21)15-5-9-17(29-3)10-6-15/h5-12,14H,13H2,1-4H3,(H,22,24,26). The van der Waals surface area contributed by atoms with Gasteiger partial charge in [0.15, 0.2) is 0 Å². The molecule has 9 nitrogen and oxygen atoms in total. The summed E-state index contributed by atoms with van der Waals surface area (Å²) in [5, 5.41) is 11.6. The predicted molar refractivity (Wildman–Crippen MR) is 125 cm³/mol. The molecule has 0 aliphatic carbocycles. The highest BCUT2D eigenvalue weighted by atomic mass is 32.2. The minimum Gasteiger partial charge on any atom is -0.497 e. The zero-order valence-corrected chi connectivity index (χ0v) is 19.7. The molecule has 0 fully saturated rings. The molecule has 2 aromatic carbocycles. The Kier molecular flexibility index (Phi) is 7.31. The molecule has 0 aliphatic rings. The minimum atomic E-state index is -3.70. The summed E-state index contributed by atoms with van der Waals surface area (Å²) in [4.78, 5) is 12.6. The number of benzene rings is 2. The summed E-state index contributed by atoms with van der Waals surface area (Å²) in [6, 6.07) is 13.8. The molecule has 1 amide bonds. The Bertz CT molecular complexity index is 1160. The molecule has 11 heteroatoms. The molecule has 0 saturated heterocycles. The SMILES string of the molecule is COc1ccc(-c2nnc(NC(=O)CN(c3ccc(OC(C)C)cc3)S(C)(=O)=O)s2)cc1. The van der Waals surface area contributed by atoms with Crippen molar-refractivity contribution >= 4 is 38.1 Å². The van der Waals surface area contributed by atoms with E-state index in [4.69, 9.17) is 9.47 Å². The molecule has 0 saturated carbocycles. The second kappa shape index (κ2) is 9.96. The lowest BCUT2D eigenvalue weighted by Crippen LogP contribution is -2.37. The van der Waals surface area contributed by atoms with Crippen LogP contribution in [0.25, 0.3) is 10.6 Å². The topological polar surface area (TPSA) is 111 Å². The normalized spacial score (nSPS) is 11.3. The van der Waals surface area contributed by atoms with Crippen molar-refractivity contribution in [1.82, 2.24) is 10.2 Å². The number of sulfonamides is 1. The van der Waals surface area contributed by atoms with Gasteiger partial charge in [-0.2, -0.15) is 0 Å². The number of carbonyl (C=O) groups is 1. The first-order valence-corrected chi connectivity index (χ1v) is 12.3. The molecule has 3 rings (SSSR count). The van der Waals surface area contributed by atoms with E-state index in [1.165, 1.54) is 11.3 Å². The Hall–Kier alpha value is -3.18. The number of hydrogen-bond donors (Lipinski definition) is 1.